The molecule has 3 unspecified atom stereocenters. The second kappa shape index (κ2) is 7.46. The second-order valence-electron chi connectivity index (χ2n) is 6.12. The summed E-state index contributed by atoms with van der Waals surface area (Å²) in [5, 5.41) is 9.29. The van der Waals surface area contributed by atoms with Crippen molar-refractivity contribution in [1.82, 2.24) is 0 Å². The molecule has 0 bridgehead atoms. The molecule has 1 aliphatic heterocycles. The van der Waals surface area contributed by atoms with E-state index in [1.165, 1.54) is 6.07 Å². The summed E-state index contributed by atoms with van der Waals surface area (Å²) in [4.78, 5) is 11.2. The first-order valence-corrected chi connectivity index (χ1v) is 8.47. The summed E-state index contributed by atoms with van der Waals surface area (Å²) in [6.45, 7) is 3.79. The van der Waals surface area contributed by atoms with Crippen LogP contribution < -0.4 is 4.74 Å². The third kappa shape index (κ3) is 4.61. The Balaban J connectivity index is 2.44. The van der Waals surface area contributed by atoms with Crippen molar-refractivity contribution >= 4 is 35.2 Å². The smallest absolute Gasteiger partial charge is 0.430 e. The van der Waals surface area contributed by atoms with Crippen LogP contribution >= 0.6 is 23.2 Å². The van der Waals surface area contributed by atoms with E-state index < -0.39 is 23.8 Å². The zero-order valence-electron chi connectivity index (χ0n) is 13.5. The van der Waals surface area contributed by atoms with E-state index in [4.69, 9.17) is 33.0 Å². The van der Waals surface area contributed by atoms with Gasteiger partial charge in [0.25, 0.3) is 0 Å². The summed E-state index contributed by atoms with van der Waals surface area (Å²) >= 11 is 12.1. The number of rotatable bonds is 5. The normalized spacial score (nSPS) is 19.5. The Labute approximate surface area is 153 Å². The maximum Gasteiger partial charge on any atom is 0.430 e. The minimum absolute atomic E-state index is 0.0196. The van der Waals surface area contributed by atoms with Crippen LogP contribution in [0.15, 0.2) is 17.7 Å². The highest BCUT2D eigenvalue weighted by atomic mass is 35.5. The number of halogens is 5. The molecule has 1 aromatic carbocycles. The highest BCUT2D eigenvalue weighted by molar-refractivity contribution is 6.31. The van der Waals surface area contributed by atoms with Gasteiger partial charge in [0.2, 0.25) is 6.10 Å². The third-order valence-corrected chi connectivity index (χ3v) is 4.83. The monoisotopic (exact) mass is 396 g/mol. The van der Waals surface area contributed by atoms with E-state index in [9.17, 15) is 18.0 Å². The molecule has 0 amide bonds. The van der Waals surface area contributed by atoms with Gasteiger partial charge in [-0.15, -0.1) is 11.6 Å². The van der Waals surface area contributed by atoms with Gasteiger partial charge in [-0.2, -0.15) is 13.2 Å². The van der Waals surface area contributed by atoms with Gasteiger partial charge < -0.3 is 9.84 Å². The second-order valence-corrected chi connectivity index (χ2v) is 7.25. The van der Waals surface area contributed by atoms with Gasteiger partial charge in [-0.1, -0.05) is 18.5 Å². The number of carboxylic acids is 1. The lowest BCUT2D eigenvalue weighted by molar-refractivity contribution is -0.187. The van der Waals surface area contributed by atoms with E-state index in [1.54, 1.807) is 6.07 Å². The van der Waals surface area contributed by atoms with Crippen LogP contribution in [-0.2, 0) is 11.2 Å². The molecule has 8 heteroatoms. The highest BCUT2D eigenvalue weighted by Gasteiger charge is 2.48. The van der Waals surface area contributed by atoms with E-state index in [-0.39, 0.29) is 22.6 Å². The Morgan fingerprint density at radius 3 is 2.52 bits per heavy atom. The number of ether oxygens (including phenoxy) is 1. The minimum atomic E-state index is -4.84. The largest absolute Gasteiger partial charge is 0.478 e. The van der Waals surface area contributed by atoms with Crippen LogP contribution in [-0.4, -0.2) is 28.7 Å². The average molecular weight is 397 g/mol. The van der Waals surface area contributed by atoms with Crippen LogP contribution in [0.2, 0.25) is 5.02 Å². The van der Waals surface area contributed by atoms with Crippen molar-refractivity contribution in [3.63, 3.8) is 0 Å². The van der Waals surface area contributed by atoms with E-state index in [2.05, 4.69) is 0 Å². The van der Waals surface area contributed by atoms with Gasteiger partial charge in [-0.3, -0.25) is 0 Å². The van der Waals surface area contributed by atoms with Crippen molar-refractivity contribution in [3.8, 4) is 5.75 Å². The molecule has 138 valence electrons. The molecular weight excluding hydrogens is 380 g/mol. The number of aliphatic carboxylic acids is 1. The van der Waals surface area contributed by atoms with Crippen molar-refractivity contribution in [1.29, 1.82) is 0 Å². The number of hydrogen-bond donors (Lipinski definition) is 1. The Hall–Kier alpha value is -1.40. The van der Waals surface area contributed by atoms with Gasteiger partial charge in [-0.25, -0.2) is 4.79 Å². The zero-order valence-corrected chi connectivity index (χ0v) is 15.0. The Morgan fingerprint density at radius 1 is 1.36 bits per heavy atom. The van der Waals surface area contributed by atoms with Gasteiger partial charge in [0.05, 0.1) is 5.57 Å². The molecule has 1 N–H and O–H groups in total. The predicted molar refractivity (Wildman–Crippen MR) is 90.3 cm³/mol. The first kappa shape index (κ1) is 19.9. The van der Waals surface area contributed by atoms with Gasteiger partial charge in [0.15, 0.2) is 0 Å². The molecule has 1 heterocycles. The third-order valence-electron chi connectivity index (χ3n) is 4.19. The molecular formula is C17H17Cl2F3O3. The first-order valence-electron chi connectivity index (χ1n) is 7.65. The number of benzene rings is 1. The Kier molecular flexibility index (Phi) is 5.94. The van der Waals surface area contributed by atoms with Gasteiger partial charge in [0.1, 0.15) is 5.75 Å². The van der Waals surface area contributed by atoms with Crippen LogP contribution in [0.4, 0.5) is 13.2 Å². The summed E-state index contributed by atoms with van der Waals surface area (Å²) in [6, 6.07) is 2.93. The average Bonchev–Trinajstić information content (AvgIpc) is 2.49. The van der Waals surface area contributed by atoms with Crippen LogP contribution in [0.25, 0.3) is 6.08 Å². The highest BCUT2D eigenvalue weighted by Crippen LogP contribution is 2.41. The van der Waals surface area contributed by atoms with Crippen molar-refractivity contribution < 1.29 is 27.8 Å². The van der Waals surface area contributed by atoms with Gasteiger partial charge in [0, 0.05) is 16.0 Å². The van der Waals surface area contributed by atoms with E-state index in [1.807, 2.05) is 13.8 Å². The summed E-state index contributed by atoms with van der Waals surface area (Å²) in [6.07, 6.45) is -5.32. The number of hydrogen-bond acceptors (Lipinski definition) is 2. The maximum absolute atomic E-state index is 13.2. The molecule has 3 atom stereocenters. The van der Waals surface area contributed by atoms with Crippen molar-refractivity contribution in [3.05, 3.63) is 33.9 Å². The van der Waals surface area contributed by atoms with Crippen molar-refractivity contribution in [2.45, 2.75) is 44.3 Å². The Morgan fingerprint density at radius 2 is 2.00 bits per heavy atom. The standard InChI is InChI=1S/C17H17Cl2F3O3/c1-8(9(2)18)3-4-10-5-12(19)6-11-7-13(16(23)24)15(17(20,21)22)25-14(10)11/h5-9,15H,3-4H2,1-2H3,(H,23,24). The van der Waals surface area contributed by atoms with Crippen LogP contribution in [0.1, 0.15) is 31.4 Å². The number of fused-ring (bicyclic) bond motifs is 1. The summed E-state index contributed by atoms with van der Waals surface area (Å²) in [7, 11) is 0. The summed E-state index contributed by atoms with van der Waals surface area (Å²) in [5.41, 5.74) is -0.135. The fraction of sp³-hybridized carbons (Fsp3) is 0.471. The molecule has 0 saturated carbocycles. The van der Waals surface area contributed by atoms with E-state index >= 15 is 0 Å². The molecule has 0 radical (unpaired) electrons. The molecule has 1 aromatic rings. The summed E-state index contributed by atoms with van der Waals surface area (Å²) < 4.78 is 44.7. The van der Waals surface area contributed by atoms with Crippen molar-refractivity contribution in [2.24, 2.45) is 5.92 Å². The van der Waals surface area contributed by atoms with E-state index in [0.29, 0.717) is 23.4 Å². The van der Waals surface area contributed by atoms with E-state index in [0.717, 1.165) is 6.08 Å². The van der Waals surface area contributed by atoms with Crippen LogP contribution in [0.5, 0.6) is 5.75 Å². The molecule has 0 fully saturated rings. The number of alkyl halides is 4. The fourth-order valence-electron chi connectivity index (χ4n) is 2.56. The number of carbonyl (C=O) groups is 1. The molecule has 25 heavy (non-hydrogen) atoms. The maximum atomic E-state index is 13.2. The van der Waals surface area contributed by atoms with Gasteiger partial charge in [-0.05, 0) is 49.5 Å². The summed E-state index contributed by atoms with van der Waals surface area (Å²) in [5.74, 6) is -1.52. The van der Waals surface area contributed by atoms with Crippen LogP contribution in [0, 0.1) is 5.92 Å². The molecule has 2 rings (SSSR count). The number of aryl methyl sites for hydroxylation is 1. The fourth-order valence-corrected chi connectivity index (χ4v) is 2.94. The lowest BCUT2D eigenvalue weighted by atomic mass is 9.94. The van der Waals surface area contributed by atoms with Crippen LogP contribution in [0.3, 0.4) is 0 Å². The quantitative estimate of drug-likeness (QED) is 0.684. The first-order chi connectivity index (χ1) is 11.5. The lowest BCUT2D eigenvalue weighted by Gasteiger charge is -2.29. The van der Waals surface area contributed by atoms with Crippen molar-refractivity contribution in [2.75, 3.05) is 0 Å². The molecule has 0 aromatic heterocycles. The Bertz CT molecular complexity index is 699. The predicted octanol–water partition coefficient (Wildman–Crippen LogP) is 5.33. The molecule has 1 aliphatic rings. The topological polar surface area (TPSA) is 46.5 Å². The SMILES string of the molecule is CC(Cl)C(C)CCc1cc(Cl)cc2c1OC(C(F)(F)F)C(C(=O)O)=C2. The number of carboxylic acid groups (broad SMARTS) is 1. The molecule has 0 spiro atoms. The van der Waals surface area contributed by atoms with Gasteiger partial charge >= 0.3 is 12.1 Å². The molecule has 0 aliphatic carbocycles. The molecule has 3 nitrogen and oxygen atoms in total. The zero-order chi connectivity index (χ0) is 18.9. The lowest BCUT2D eigenvalue weighted by Crippen LogP contribution is -2.40. The molecule has 0 saturated heterocycles. The minimum Gasteiger partial charge on any atom is -0.478 e.